The molecule has 1 fully saturated rings. The summed E-state index contributed by atoms with van der Waals surface area (Å²) in [6.07, 6.45) is 8.05. The lowest BCUT2D eigenvalue weighted by Gasteiger charge is -2.07. The van der Waals surface area contributed by atoms with E-state index in [-0.39, 0.29) is 0 Å². The Morgan fingerprint density at radius 3 is 2.33 bits per heavy atom. The van der Waals surface area contributed by atoms with Gasteiger partial charge in [-0.15, -0.1) is 0 Å². The van der Waals surface area contributed by atoms with E-state index in [0.29, 0.717) is 0 Å². The Kier molecular flexibility index (Phi) is 2.32. The summed E-state index contributed by atoms with van der Waals surface area (Å²) >= 11 is 0. The summed E-state index contributed by atoms with van der Waals surface area (Å²) in [7, 11) is 0. The third kappa shape index (κ3) is 1.57. The first-order valence-electron chi connectivity index (χ1n) is 3.97. The van der Waals surface area contributed by atoms with Gasteiger partial charge in [0.15, 0.2) is 0 Å². The van der Waals surface area contributed by atoms with E-state index in [1.54, 1.807) is 5.57 Å². The average Bonchev–Trinajstić information content (AvgIpc) is 2.37. The molecule has 0 bridgehead atoms. The molecule has 1 aliphatic carbocycles. The number of allylic oxidation sites excluding steroid dienone is 2. The van der Waals surface area contributed by atoms with Crippen molar-refractivity contribution < 1.29 is 0 Å². The Balaban J connectivity index is 2.42. The Labute approximate surface area is 58.0 Å². The predicted molar refractivity (Wildman–Crippen MR) is 41.4 cm³/mol. The highest BCUT2D eigenvalue weighted by Gasteiger charge is 2.14. The van der Waals surface area contributed by atoms with Crippen LogP contribution in [-0.4, -0.2) is 0 Å². The molecule has 0 amide bonds. The van der Waals surface area contributed by atoms with E-state index in [9.17, 15) is 0 Å². The van der Waals surface area contributed by atoms with Crippen LogP contribution in [0, 0.1) is 5.92 Å². The van der Waals surface area contributed by atoms with Gasteiger partial charge in [-0.1, -0.05) is 24.5 Å². The minimum atomic E-state index is 0.940. The zero-order valence-electron chi connectivity index (χ0n) is 6.48. The number of hydrogen-bond donors (Lipinski definition) is 0. The molecule has 1 saturated carbocycles. The van der Waals surface area contributed by atoms with Crippen molar-refractivity contribution in [3.63, 3.8) is 0 Å². The molecule has 0 atom stereocenters. The molecule has 0 radical (unpaired) electrons. The van der Waals surface area contributed by atoms with Gasteiger partial charge in [-0.2, -0.15) is 0 Å². The largest absolute Gasteiger partial charge is 0.0885 e. The first-order chi connectivity index (χ1) is 4.34. The maximum atomic E-state index is 2.26. The standard InChI is InChI=1S/C9H16/c1-3-8(2)9-6-4-5-7-9/h3,9H,4-7H2,1-2H3/b8-3+. The maximum absolute atomic E-state index is 2.26. The molecular weight excluding hydrogens is 108 g/mol. The molecule has 0 unspecified atom stereocenters. The molecule has 0 aromatic carbocycles. The molecule has 0 heteroatoms. The fraction of sp³-hybridized carbons (Fsp3) is 0.778. The third-order valence-electron chi connectivity index (χ3n) is 2.45. The highest BCUT2D eigenvalue weighted by molar-refractivity contribution is 5.03. The minimum Gasteiger partial charge on any atom is -0.0885 e. The molecule has 0 aliphatic heterocycles. The first kappa shape index (κ1) is 6.85. The van der Waals surface area contributed by atoms with Gasteiger partial charge in [-0.25, -0.2) is 0 Å². The van der Waals surface area contributed by atoms with Crippen LogP contribution in [0.5, 0.6) is 0 Å². The Hall–Kier alpha value is -0.260. The van der Waals surface area contributed by atoms with Gasteiger partial charge in [0.2, 0.25) is 0 Å². The summed E-state index contributed by atoms with van der Waals surface area (Å²) in [6, 6.07) is 0. The highest BCUT2D eigenvalue weighted by Crippen LogP contribution is 2.30. The molecule has 9 heavy (non-hydrogen) atoms. The van der Waals surface area contributed by atoms with Crippen LogP contribution < -0.4 is 0 Å². The van der Waals surface area contributed by atoms with Crippen LogP contribution in [0.2, 0.25) is 0 Å². The fourth-order valence-electron chi connectivity index (χ4n) is 1.62. The molecule has 0 heterocycles. The first-order valence-corrected chi connectivity index (χ1v) is 3.97. The average molecular weight is 124 g/mol. The monoisotopic (exact) mass is 124 g/mol. The van der Waals surface area contributed by atoms with E-state index >= 15 is 0 Å². The van der Waals surface area contributed by atoms with Crippen molar-refractivity contribution in [2.75, 3.05) is 0 Å². The number of rotatable bonds is 1. The van der Waals surface area contributed by atoms with Crippen molar-refractivity contribution in [3.8, 4) is 0 Å². The molecule has 1 aliphatic rings. The summed E-state index contributed by atoms with van der Waals surface area (Å²) in [4.78, 5) is 0. The molecule has 0 aromatic heterocycles. The second-order valence-corrected chi connectivity index (χ2v) is 3.01. The van der Waals surface area contributed by atoms with Crippen molar-refractivity contribution in [1.82, 2.24) is 0 Å². The fourth-order valence-corrected chi connectivity index (χ4v) is 1.62. The van der Waals surface area contributed by atoms with Crippen LogP contribution in [0.3, 0.4) is 0 Å². The molecule has 52 valence electrons. The Morgan fingerprint density at radius 1 is 1.33 bits per heavy atom. The molecule has 0 saturated heterocycles. The van der Waals surface area contributed by atoms with E-state index in [1.807, 2.05) is 0 Å². The van der Waals surface area contributed by atoms with Crippen LogP contribution in [0.15, 0.2) is 11.6 Å². The summed E-state index contributed by atoms with van der Waals surface area (Å²) in [5.74, 6) is 0.940. The summed E-state index contributed by atoms with van der Waals surface area (Å²) in [5.41, 5.74) is 1.60. The van der Waals surface area contributed by atoms with Crippen molar-refractivity contribution in [3.05, 3.63) is 11.6 Å². The summed E-state index contributed by atoms with van der Waals surface area (Å²) < 4.78 is 0. The maximum Gasteiger partial charge on any atom is -0.0206 e. The van der Waals surface area contributed by atoms with E-state index in [1.165, 1.54) is 25.7 Å². The van der Waals surface area contributed by atoms with Crippen LogP contribution >= 0.6 is 0 Å². The minimum absolute atomic E-state index is 0.940. The quantitative estimate of drug-likeness (QED) is 0.471. The van der Waals surface area contributed by atoms with Crippen molar-refractivity contribution in [1.29, 1.82) is 0 Å². The van der Waals surface area contributed by atoms with Gasteiger partial charge < -0.3 is 0 Å². The van der Waals surface area contributed by atoms with Gasteiger partial charge in [-0.3, -0.25) is 0 Å². The van der Waals surface area contributed by atoms with Gasteiger partial charge in [-0.05, 0) is 32.6 Å². The molecule has 1 rings (SSSR count). The third-order valence-corrected chi connectivity index (χ3v) is 2.45. The van der Waals surface area contributed by atoms with Crippen molar-refractivity contribution >= 4 is 0 Å². The van der Waals surface area contributed by atoms with E-state index < -0.39 is 0 Å². The lowest BCUT2D eigenvalue weighted by Crippen LogP contribution is -1.92. The molecule has 0 nitrogen and oxygen atoms in total. The molecule has 0 N–H and O–H groups in total. The van der Waals surface area contributed by atoms with Crippen LogP contribution in [-0.2, 0) is 0 Å². The van der Waals surface area contributed by atoms with Crippen LogP contribution in [0.4, 0.5) is 0 Å². The summed E-state index contributed by atoms with van der Waals surface area (Å²) in [6.45, 7) is 4.41. The smallest absolute Gasteiger partial charge is 0.0206 e. The lowest BCUT2D eigenvalue weighted by atomic mass is 9.99. The topological polar surface area (TPSA) is 0 Å². The van der Waals surface area contributed by atoms with E-state index in [0.717, 1.165) is 5.92 Å². The van der Waals surface area contributed by atoms with E-state index in [2.05, 4.69) is 19.9 Å². The van der Waals surface area contributed by atoms with Crippen molar-refractivity contribution in [2.45, 2.75) is 39.5 Å². The SMILES string of the molecule is C/C=C(\C)C1CCCC1. The number of hydrogen-bond acceptors (Lipinski definition) is 0. The normalized spacial score (nSPS) is 23.1. The van der Waals surface area contributed by atoms with Gasteiger partial charge in [0.05, 0.1) is 0 Å². The van der Waals surface area contributed by atoms with Crippen LogP contribution in [0.1, 0.15) is 39.5 Å². The predicted octanol–water partition coefficient (Wildman–Crippen LogP) is 3.14. The second kappa shape index (κ2) is 3.05. The second-order valence-electron chi connectivity index (χ2n) is 3.01. The van der Waals surface area contributed by atoms with Gasteiger partial charge >= 0.3 is 0 Å². The molecule has 0 spiro atoms. The van der Waals surface area contributed by atoms with Crippen molar-refractivity contribution in [2.24, 2.45) is 5.92 Å². The van der Waals surface area contributed by atoms with Gasteiger partial charge in [0.1, 0.15) is 0 Å². The van der Waals surface area contributed by atoms with Gasteiger partial charge in [0, 0.05) is 0 Å². The Morgan fingerprint density at radius 2 is 1.89 bits per heavy atom. The van der Waals surface area contributed by atoms with Gasteiger partial charge in [0.25, 0.3) is 0 Å². The zero-order chi connectivity index (χ0) is 6.69. The highest BCUT2D eigenvalue weighted by atomic mass is 14.2. The molecule has 0 aromatic rings. The Bertz CT molecular complexity index is 105. The van der Waals surface area contributed by atoms with Crippen LogP contribution in [0.25, 0.3) is 0 Å². The summed E-state index contributed by atoms with van der Waals surface area (Å²) in [5, 5.41) is 0. The zero-order valence-corrected chi connectivity index (χ0v) is 6.48. The molecular formula is C9H16. The van der Waals surface area contributed by atoms with E-state index in [4.69, 9.17) is 0 Å². The lowest BCUT2D eigenvalue weighted by molar-refractivity contribution is 0.641.